The number of nitrogens with two attached hydrogens (primary N) is 1. The second-order valence-corrected chi connectivity index (χ2v) is 12.6. The molecule has 1 saturated carbocycles. The van der Waals surface area contributed by atoms with E-state index in [1.54, 1.807) is 33.7 Å². The number of carboxylic acids is 1. The molecular weight excluding hydrogens is 664 g/mol. The highest BCUT2D eigenvalue weighted by Crippen LogP contribution is 2.38. The summed E-state index contributed by atoms with van der Waals surface area (Å²) in [5.74, 6) is -2.36. The lowest BCUT2D eigenvalue weighted by Crippen LogP contribution is -2.54. The number of carbonyl (C=O) groups is 3. The Morgan fingerprint density at radius 3 is 2.10 bits per heavy atom. The first-order valence-corrected chi connectivity index (χ1v) is 17.1. The number of carboxylic acid groups (broad SMARTS) is 1. The third-order valence-corrected chi connectivity index (χ3v) is 9.32. The molecule has 4 fully saturated rings. The number of fused-ring (bicyclic) bond motifs is 1. The van der Waals surface area contributed by atoms with Gasteiger partial charge in [-0.15, -0.1) is 6.58 Å². The standard InChI is InChI=1S/C32H34F2N6O6.C3H6.CH5N/c33-24-15-21(39-13-14-46-32(39)45)3-4-26(24)36-9-11-38(12-10-36)29(41)19-35-5-7-37(8-6-35)28-17-27-22(16-25(28)34)30(42)23(31(43)44)18-40(27)20-1-2-20;1-3-2;1-2/h3-4,15-18,20H,1-2,5-14,19H2,(H,43,44);3H,1H2,2H3;2H2,1H3. The maximum Gasteiger partial charge on any atom is 0.414 e. The van der Waals surface area contributed by atoms with Crippen LogP contribution in [0.3, 0.4) is 0 Å². The Kier molecular flexibility index (Phi) is 11.9. The molecule has 1 aromatic heterocycles. The summed E-state index contributed by atoms with van der Waals surface area (Å²) in [7, 11) is 1.50. The zero-order chi connectivity index (χ0) is 36.8. The SMILES string of the molecule is C=CC.CN.O=C(O)c1cn(C2CC2)c2cc(N3CCN(CC(=O)N4CCN(c5ccc(N6CCOC6=O)cc5F)CC4)CC3)c(F)cc2c1=O. The summed E-state index contributed by atoms with van der Waals surface area (Å²) in [5, 5.41) is 9.55. The van der Waals surface area contributed by atoms with Gasteiger partial charge in [0.2, 0.25) is 11.3 Å². The summed E-state index contributed by atoms with van der Waals surface area (Å²) >= 11 is 0. The van der Waals surface area contributed by atoms with Crippen LogP contribution in [0.1, 0.15) is 36.2 Å². The molecule has 2 amide bonds. The number of carbonyl (C=O) groups excluding carboxylic acids is 2. The fourth-order valence-corrected chi connectivity index (χ4v) is 6.59. The summed E-state index contributed by atoms with van der Waals surface area (Å²) in [4.78, 5) is 58.4. The first-order chi connectivity index (χ1) is 24.6. The molecule has 3 aromatic rings. The zero-order valence-electron chi connectivity index (χ0n) is 29.0. The molecule has 4 aliphatic rings. The van der Waals surface area contributed by atoms with Gasteiger partial charge in [-0.2, -0.15) is 0 Å². The first-order valence-electron chi connectivity index (χ1n) is 17.1. The molecular formula is C36H45F2N7O6. The lowest BCUT2D eigenvalue weighted by atomic mass is 10.1. The van der Waals surface area contributed by atoms with Gasteiger partial charge in [0.15, 0.2) is 0 Å². The van der Waals surface area contributed by atoms with Crippen molar-refractivity contribution < 1.29 is 33.0 Å². The molecule has 0 atom stereocenters. The van der Waals surface area contributed by atoms with E-state index in [0.717, 1.165) is 18.9 Å². The van der Waals surface area contributed by atoms with E-state index >= 15 is 4.39 Å². The van der Waals surface area contributed by atoms with Crippen LogP contribution in [0.25, 0.3) is 10.9 Å². The summed E-state index contributed by atoms with van der Waals surface area (Å²) in [5.41, 5.74) is 5.21. The fourth-order valence-electron chi connectivity index (χ4n) is 6.59. The van der Waals surface area contributed by atoms with Crippen LogP contribution < -0.4 is 25.9 Å². The number of pyridine rings is 1. The van der Waals surface area contributed by atoms with E-state index in [0.29, 0.717) is 81.5 Å². The predicted molar refractivity (Wildman–Crippen MR) is 192 cm³/mol. The number of piperazine rings is 2. The highest BCUT2D eigenvalue weighted by molar-refractivity contribution is 5.94. The van der Waals surface area contributed by atoms with Gasteiger partial charge in [0.1, 0.15) is 23.8 Å². The molecule has 15 heteroatoms. The van der Waals surface area contributed by atoms with Crippen molar-refractivity contribution in [2.24, 2.45) is 5.73 Å². The number of benzene rings is 2. The molecule has 0 bridgehead atoms. The van der Waals surface area contributed by atoms with Crippen LogP contribution in [0.4, 0.5) is 30.6 Å². The van der Waals surface area contributed by atoms with Gasteiger partial charge in [-0.05, 0) is 57.1 Å². The van der Waals surface area contributed by atoms with Gasteiger partial charge in [0.25, 0.3) is 0 Å². The van der Waals surface area contributed by atoms with Gasteiger partial charge in [0.05, 0.1) is 35.7 Å². The second-order valence-electron chi connectivity index (χ2n) is 12.6. The van der Waals surface area contributed by atoms with Crippen LogP contribution in [0.15, 0.2) is 54.0 Å². The Bertz CT molecular complexity index is 1830. The van der Waals surface area contributed by atoms with Crippen LogP contribution in [0.2, 0.25) is 0 Å². The Hall–Kier alpha value is -5.02. The van der Waals surface area contributed by atoms with E-state index in [9.17, 15) is 28.7 Å². The van der Waals surface area contributed by atoms with E-state index in [4.69, 9.17) is 4.74 Å². The number of allylic oxidation sites excluding steroid dienone is 1. The molecule has 3 aliphatic heterocycles. The fraction of sp³-hybridized carbons (Fsp3) is 0.444. The number of aromatic nitrogens is 1. The minimum absolute atomic E-state index is 0.0176. The van der Waals surface area contributed by atoms with Crippen molar-refractivity contribution in [1.29, 1.82) is 0 Å². The van der Waals surface area contributed by atoms with Crippen molar-refractivity contribution >= 4 is 45.9 Å². The van der Waals surface area contributed by atoms with Crippen molar-refractivity contribution in [1.82, 2.24) is 14.4 Å². The molecule has 0 radical (unpaired) electrons. The number of halogens is 2. The Balaban J connectivity index is 0.000000959. The number of hydrogen-bond donors (Lipinski definition) is 2. The maximum absolute atomic E-state index is 15.3. The zero-order valence-corrected chi connectivity index (χ0v) is 29.0. The number of hydrogen-bond acceptors (Lipinski definition) is 9. The molecule has 1 aliphatic carbocycles. The van der Waals surface area contributed by atoms with E-state index in [2.05, 4.69) is 12.3 Å². The van der Waals surface area contributed by atoms with E-state index in [1.807, 2.05) is 21.6 Å². The van der Waals surface area contributed by atoms with Crippen molar-refractivity contribution in [3.8, 4) is 0 Å². The highest BCUT2D eigenvalue weighted by atomic mass is 19.1. The Labute approximate surface area is 295 Å². The number of nitrogens with zero attached hydrogens (tertiary/aromatic N) is 6. The molecule has 0 unspecified atom stereocenters. The molecule has 3 N–H and O–H groups in total. The van der Waals surface area contributed by atoms with Crippen LogP contribution in [0.5, 0.6) is 0 Å². The normalized spacial score (nSPS) is 17.7. The smallest absolute Gasteiger partial charge is 0.414 e. The van der Waals surface area contributed by atoms with Gasteiger partial charge < -0.3 is 34.8 Å². The summed E-state index contributed by atoms with van der Waals surface area (Å²) in [6.45, 7) is 10.0. The highest BCUT2D eigenvalue weighted by Gasteiger charge is 2.30. The van der Waals surface area contributed by atoms with Crippen molar-refractivity contribution in [2.75, 3.05) is 93.8 Å². The van der Waals surface area contributed by atoms with E-state index in [-0.39, 0.29) is 36.1 Å². The minimum atomic E-state index is -1.33. The first kappa shape index (κ1) is 37.2. The van der Waals surface area contributed by atoms with Gasteiger partial charge >= 0.3 is 12.1 Å². The second kappa shape index (κ2) is 16.3. The van der Waals surface area contributed by atoms with E-state index < -0.39 is 29.1 Å². The van der Waals surface area contributed by atoms with Crippen LogP contribution >= 0.6 is 0 Å². The van der Waals surface area contributed by atoms with Gasteiger partial charge in [-0.25, -0.2) is 18.4 Å². The molecule has 51 heavy (non-hydrogen) atoms. The number of ether oxygens (including phenoxy) is 1. The lowest BCUT2D eigenvalue weighted by molar-refractivity contribution is -0.132. The quantitative estimate of drug-likeness (QED) is 0.350. The number of rotatable bonds is 7. The average Bonchev–Trinajstić information content (AvgIpc) is 3.89. The molecule has 3 saturated heterocycles. The van der Waals surface area contributed by atoms with E-state index in [1.165, 1.54) is 24.2 Å². The summed E-state index contributed by atoms with van der Waals surface area (Å²) in [6, 6.07) is 7.58. The minimum Gasteiger partial charge on any atom is -0.477 e. The number of cyclic esters (lactones) is 1. The molecule has 13 nitrogen and oxygen atoms in total. The number of anilines is 3. The largest absolute Gasteiger partial charge is 0.477 e. The molecule has 0 spiro atoms. The monoisotopic (exact) mass is 709 g/mol. The average molecular weight is 710 g/mol. The molecule has 274 valence electrons. The number of aromatic carboxylic acids is 1. The predicted octanol–water partition coefficient (Wildman–Crippen LogP) is 3.51. The Morgan fingerprint density at radius 2 is 1.53 bits per heavy atom. The van der Waals surface area contributed by atoms with Gasteiger partial charge in [-0.1, -0.05) is 6.08 Å². The van der Waals surface area contributed by atoms with Crippen molar-refractivity contribution in [3.63, 3.8) is 0 Å². The van der Waals surface area contributed by atoms with Crippen LogP contribution in [-0.2, 0) is 9.53 Å². The van der Waals surface area contributed by atoms with Crippen LogP contribution in [-0.4, -0.2) is 117 Å². The van der Waals surface area contributed by atoms with Gasteiger partial charge in [0, 0.05) is 70.0 Å². The third-order valence-electron chi connectivity index (χ3n) is 9.32. The van der Waals surface area contributed by atoms with Crippen molar-refractivity contribution in [3.05, 3.63) is 76.6 Å². The maximum atomic E-state index is 15.3. The van der Waals surface area contributed by atoms with Gasteiger partial charge in [-0.3, -0.25) is 19.4 Å². The molecule has 4 heterocycles. The Morgan fingerprint density at radius 1 is 0.922 bits per heavy atom. The third kappa shape index (κ3) is 8.15. The van der Waals surface area contributed by atoms with Crippen molar-refractivity contribution in [2.45, 2.75) is 25.8 Å². The number of amides is 2. The summed E-state index contributed by atoms with van der Waals surface area (Å²) < 4.78 is 37.0. The molecule has 7 rings (SSSR count). The lowest BCUT2D eigenvalue weighted by Gasteiger charge is -2.39. The van der Waals surface area contributed by atoms with Crippen LogP contribution in [0, 0.1) is 11.6 Å². The molecule has 2 aromatic carbocycles. The topological polar surface area (TPSA) is 145 Å². The summed E-state index contributed by atoms with van der Waals surface area (Å²) in [6.07, 6.45) is 4.37.